The fraction of sp³-hybridized carbons (Fsp3) is 0.450. The largest absolute Gasteiger partial charge is 0.322 e. The summed E-state index contributed by atoms with van der Waals surface area (Å²) in [7, 11) is 1.97. The van der Waals surface area contributed by atoms with E-state index < -0.39 is 23.5 Å². The number of anilines is 2. The Labute approximate surface area is 176 Å². The van der Waals surface area contributed by atoms with Gasteiger partial charge in [-0.15, -0.1) is 0 Å². The average Bonchev–Trinajstić information content (AvgIpc) is 3.27. The number of carbonyl (C=O) groups is 2. The van der Waals surface area contributed by atoms with E-state index in [4.69, 9.17) is 0 Å². The molecular weight excluding hydrogens is 413 g/mol. The molecule has 2 saturated heterocycles. The van der Waals surface area contributed by atoms with Crippen LogP contribution in [0.1, 0.15) is 18.5 Å². The molecule has 164 valence electrons. The number of nitrogens with zero attached hydrogens (tertiary/aromatic N) is 5. The number of aromatic nitrogens is 2. The number of nitrogens with one attached hydrogen (secondary N) is 1. The van der Waals surface area contributed by atoms with Crippen molar-refractivity contribution in [2.45, 2.75) is 38.0 Å². The van der Waals surface area contributed by atoms with E-state index in [1.54, 1.807) is 15.8 Å². The monoisotopic (exact) mass is 434 g/mol. The molecule has 2 bridgehead atoms. The smallest absolute Gasteiger partial charge is 0.317 e. The molecule has 4 heterocycles. The fourth-order valence-electron chi connectivity index (χ4n) is 4.69. The van der Waals surface area contributed by atoms with Crippen LogP contribution in [0.5, 0.6) is 0 Å². The zero-order valence-electron chi connectivity index (χ0n) is 16.8. The second-order valence-electron chi connectivity index (χ2n) is 8.17. The lowest BCUT2D eigenvalue weighted by Crippen LogP contribution is -2.56. The van der Waals surface area contributed by atoms with Gasteiger partial charge in [0.25, 0.3) is 0 Å². The Bertz CT molecular complexity index is 1050. The molecule has 2 fully saturated rings. The number of rotatable bonds is 2. The van der Waals surface area contributed by atoms with E-state index >= 15 is 0 Å². The van der Waals surface area contributed by atoms with Gasteiger partial charge in [-0.3, -0.25) is 14.4 Å². The van der Waals surface area contributed by atoms with Gasteiger partial charge in [0.05, 0.1) is 36.7 Å². The third-order valence-corrected chi connectivity index (χ3v) is 6.45. The number of hydrogen-bond donors (Lipinski definition) is 1. The summed E-state index contributed by atoms with van der Waals surface area (Å²) in [6, 6.07) is 1.04. The van der Waals surface area contributed by atoms with Crippen LogP contribution in [-0.4, -0.2) is 63.7 Å². The predicted molar refractivity (Wildman–Crippen MR) is 105 cm³/mol. The van der Waals surface area contributed by atoms with Gasteiger partial charge in [0.15, 0.2) is 17.5 Å². The molecule has 1 aromatic heterocycles. The summed E-state index contributed by atoms with van der Waals surface area (Å²) in [4.78, 5) is 31.0. The maximum Gasteiger partial charge on any atom is 0.322 e. The third kappa shape index (κ3) is 3.23. The van der Waals surface area contributed by atoms with Crippen molar-refractivity contribution in [3.05, 3.63) is 41.5 Å². The number of amides is 3. The molecule has 1 aromatic carbocycles. The highest BCUT2D eigenvalue weighted by Gasteiger charge is 2.45. The first-order valence-corrected chi connectivity index (χ1v) is 10.1. The van der Waals surface area contributed by atoms with Crippen LogP contribution >= 0.6 is 0 Å². The molecule has 3 aliphatic heterocycles. The molecule has 1 N–H and O–H groups in total. The Morgan fingerprint density at radius 1 is 1.16 bits per heavy atom. The summed E-state index contributed by atoms with van der Waals surface area (Å²) in [6.07, 6.45) is 3.45. The molecule has 0 aliphatic carbocycles. The van der Waals surface area contributed by atoms with Crippen LogP contribution in [0.4, 0.5) is 29.3 Å². The number of piperazine rings is 1. The van der Waals surface area contributed by atoms with Crippen LogP contribution in [0, 0.1) is 17.5 Å². The van der Waals surface area contributed by atoms with E-state index in [1.807, 2.05) is 7.05 Å². The van der Waals surface area contributed by atoms with Crippen molar-refractivity contribution >= 4 is 23.3 Å². The first-order chi connectivity index (χ1) is 14.8. The van der Waals surface area contributed by atoms with Gasteiger partial charge in [0.1, 0.15) is 0 Å². The van der Waals surface area contributed by atoms with Crippen LogP contribution in [0.25, 0.3) is 0 Å². The van der Waals surface area contributed by atoms with Gasteiger partial charge in [-0.05, 0) is 19.9 Å². The highest BCUT2D eigenvalue weighted by Crippen LogP contribution is 2.34. The second kappa shape index (κ2) is 7.26. The summed E-state index contributed by atoms with van der Waals surface area (Å²) in [6.45, 7) is 1.50. The van der Waals surface area contributed by atoms with Gasteiger partial charge in [-0.25, -0.2) is 18.0 Å². The van der Waals surface area contributed by atoms with Gasteiger partial charge < -0.3 is 15.1 Å². The topological polar surface area (TPSA) is 73.7 Å². The molecule has 0 spiro atoms. The minimum atomic E-state index is -1.59. The first kappa shape index (κ1) is 19.9. The van der Waals surface area contributed by atoms with E-state index in [2.05, 4.69) is 15.3 Å². The molecule has 3 amide bonds. The van der Waals surface area contributed by atoms with Crippen molar-refractivity contribution < 1.29 is 22.8 Å². The normalized spacial score (nSPS) is 23.3. The number of likely N-dealkylation sites (N-methyl/N-ethyl adjacent to an activating group) is 1. The maximum absolute atomic E-state index is 13.4. The van der Waals surface area contributed by atoms with Crippen molar-refractivity contribution in [2.75, 3.05) is 30.4 Å². The van der Waals surface area contributed by atoms with E-state index in [-0.39, 0.29) is 24.2 Å². The second-order valence-corrected chi connectivity index (χ2v) is 8.17. The third-order valence-electron chi connectivity index (χ3n) is 6.45. The van der Waals surface area contributed by atoms with Gasteiger partial charge in [0, 0.05) is 37.0 Å². The summed E-state index contributed by atoms with van der Waals surface area (Å²) in [5.74, 6) is -4.31. The van der Waals surface area contributed by atoms with E-state index in [0.717, 1.165) is 30.7 Å². The Kier molecular flexibility index (Phi) is 4.65. The Morgan fingerprint density at radius 3 is 2.65 bits per heavy atom. The lowest BCUT2D eigenvalue weighted by molar-refractivity contribution is -0.124. The van der Waals surface area contributed by atoms with Crippen LogP contribution in [-0.2, 0) is 17.9 Å². The van der Waals surface area contributed by atoms with Gasteiger partial charge in [-0.2, -0.15) is 5.10 Å². The SMILES string of the molecule is CN1C2CCC1C(=O)N(c1cnn3c1CN(C(=O)Nc1cc(F)c(F)c(F)c1)CC3)C2. The minimum absolute atomic E-state index is 0.0332. The highest BCUT2D eigenvalue weighted by atomic mass is 19.2. The highest BCUT2D eigenvalue weighted by molar-refractivity contribution is 5.99. The van der Waals surface area contributed by atoms with Crippen molar-refractivity contribution in [3.8, 4) is 0 Å². The maximum atomic E-state index is 13.4. The van der Waals surface area contributed by atoms with Gasteiger partial charge in [-0.1, -0.05) is 0 Å². The molecule has 3 aliphatic rings. The van der Waals surface area contributed by atoms with Crippen LogP contribution in [0.15, 0.2) is 18.3 Å². The molecular formula is C20H21F3N6O2. The van der Waals surface area contributed by atoms with Crippen molar-refractivity contribution in [3.63, 3.8) is 0 Å². The Balaban J connectivity index is 1.35. The zero-order chi connectivity index (χ0) is 21.9. The van der Waals surface area contributed by atoms with Crippen LogP contribution in [0.2, 0.25) is 0 Å². The number of urea groups is 1. The fourth-order valence-corrected chi connectivity index (χ4v) is 4.69. The molecule has 2 atom stereocenters. The molecule has 0 radical (unpaired) electrons. The number of carbonyl (C=O) groups excluding carboxylic acids is 2. The number of hydrogen-bond acceptors (Lipinski definition) is 4. The van der Waals surface area contributed by atoms with E-state index in [9.17, 15) is 22.8 Å². The number of halogens is 3. The molecule has 11 heteroatoms. The molecule has 31 heavy (non-hydrogen) atoms. The van der Waals surface area contributed by atoms with Gasteiger partial charge in [0.2, 0.25) is 5.91 Å². The van der Waals surface area contributed by atoms with Crippen LogP contribution < -0.4 is 10.2 Å². The first-order valence-electron chi connectivity index (χ1n) is 10.1. The molecule has 8 nitrogen and oxygen atoms in total. The average molecular weight is 434 g/mol. The molecule has 2 aromatic rings. The lowest BCUT2D eigenvalue weighted by Gasteiger charge is -2.38. The molecule has 2 unspecified atom stereocenters. The van der Waals surface area contributed by atoms with E-state index in [0.29, 0.717) is 31.4 Å². The number of benzene rings is 1. The lowest BCUT2D eigenvalue weighted by atomic mass is 10.1. The quantitative estimate of drug-likeness (QED) is 0.736. The summed E-state index contributed by atoms with van der Waals surface area (Å²) in [5.41, 5.74) is 1.24. The predicted octanol–water partition coefficient (Wildman–Crippen LogP) is 2.16. The summed E-state index contributed by atoms with van der Waals surface area (Å²) in [5, 5.41) is 6.78. The van der Waals surface area contributed by atoms with Crippen molar-refractivity contribution in [2.24, 2.45) is 0 Å². The molecule has 0 saturated carbocycles. The minimum Gasteiger partial charge on any atom is -0.317 e. The van der Waals surface area contributed by atoms with Crippen LogP contribution in [0.3, 0.4) is 0 Å². The Hall–Kier alpha value is -3.08. The Morgan fingerprint density at radius 2 is 1.90 bits per heavy atom. The van der Waals surface area contributed by atoms with Crippen molar-refractivity contribution in [1.29, 1.82) is 0 Å². The van der Waals surface area contributed by atoms with Gasteiger partial charge >= 0.3 is 6.03 Å². The van der Waals surface area contributed by atoms with E-state index in [1.165, 1.54) is 4.90 Å². The standard InChI is InChI=1S/C20H21F3N6O2/c1-26-12-2-3-15(26)19(30)28(9-12)16-8-24-29-5-4-27(10-17(16)29)20(31)25-11-6-13(21)18(23)14(22)7-11/h6-8,12,15H,2-5,9-10H2,1H3,(H,25,31). The summed E-state index contributed by atoms with van der Waals surface area (Å²) >= 11 is 0. The summed E-state index contributed by atoms with van der Waals surface area (Å²) < 4.78 is 41.8. The van der Waals surface area contributed by atoms with Crippen molar-refractivity contribution in [1.82, 2.24) is 19.6 Å². The molecule has 5 rings (SSSR count). The zero-order valence-corrected chi connectivity index (χ0v) is 16.8. The number of fused-ring (bicyclic) bond motifs is 3.